The number of hydrogen-bond acceptors (Lipinski definition) is 4. The second-order valence-electron chi connectivity index (χ2n) is 6.65. The standard InChI is InChI=1S/C20H23ClN2O4S/c1-3-27-19-9-8-17(12-18(19)21)28(25,26)22-14(2)20(24)23-11-10-15-6-4-5-7-16(15)13-23/h4-9,12,14,22H,3,10-11,13H2,1-2H3/t14-/m1/s1. The second kappa shape index (κ2) is 8.51. The van der Waals surface area contributed by atoms with Crippen LogP contribution in [0, 0.1) is 0 Å². The lowest BCUT2D eigenvalue weighted by Crippen LogP contribution is -2.48. The van der Waals surface area contributed by atoms with Crippen LogP contribution in [0.2, 0.25) is 5.02 Å². The van der Waals surface area contributed by atoms with Crippen molar-refractivity contribution in [3.63, 3.8) is 0 Å². The molecule has 1 atom stereocenters. The van der Waals surface area contributed by atoms with Crippen LogP contribution in [0.15, 0.2) is 47.4 Å². The van der Waals surface area contributed by atoms with Gasteiger partial charge in [-0.2, -0.15) is 4.72 Å². The number of carbonyl (C=O) groups is 1. The molecule has 0 spiro atoms. The number of hydrogen-bond donors (Lipinski definition) is 1. The summed E-state index contributed by atoms with van der Waals surface area (Å²) in [5, 5.41) is 0.205. The Morgan fingerprint density at radius 3 is 2.64 bits per heavy atom. The van der Waals surface area contributed by atoms with Crippen LogP contribution in [-0.2, 0) is 27.8 Å². The number of ether oxygens (including phenoxy) is 1. The first-order valence-corrected chi connectivity index (χ1v) is 11.0. The monoisotopic (exact) mass is 422 g/mol. The molecule has 6 nitrogen and oxygen atoms in total. The summed E-state index contributed by atoms with van der Waals surface area (Å²) in [5.41, 5.74) is 2.32. The van der Waals surface area contributed by atoms with E-state index in [0.29, 0.717) is 25.4 Å². The van der Waals surface area contributed by atoms with Gasteiger partial charge < -0.3 is 9.64 Å². The summed E-state index contributed by atoms with van der Waals surface area (Å²) in [7, 11) is -3.90. The molecule has 0 radical (unpaired) electrons. The van der Waals surface area contributed by atoms with Gasteiger partial charge in [-0.1, -0.05) is 35.9 Å². The highest BCUT2D eigenvalue weighted by molar-refractivity contribution is 7.89. The van der Waals surface area contributed by atoms with Crippen molar-refractivity contribution in [2.45, 2.75) is 37.8 Å². The van der Waals surface area contributed by atoms with Crippen LogP contribution in [0.5, 0.6) is 5.75 Å². The van der Waals surface area contributed by atoms with E-state index in [1.54, 1.807) is 11.8 Å². The Labute approximate surface area is 170 Å². The third-order valence-corrected chi connectivity index (χ3v) is 6.49. The van der Waals surface area contributed by atoms with E-state index in [1.807, 2.05) is 25.1 Å². The van der Waals surface area contributed by atoms with Crippen molar-refractivity contribution in [3.05, 3.63) is 58.6 Å². The molecule has 3 rings (SSSR count). The van der Waals surface area contributed by atoms with Crippen LogP contribution in [0.25, 0.3) is 0 Å². The lowest BCUT2D eigenvalue weighted by atomic mass is 9.99. The molecule has 0 saturated heterocycles. The highest BCUT2D eigenvalue weighted by Crippen LogP contribution is 2.27. The topological polar surface area (TPSA) is 75.7 Å². The predicted octanol–water partition coefficient (Wildman–Crippen LogP) is 2.99. The lowest BCUT2D eigenvalue weighted by Gasteiger charge is -2.31. The summed E-state index contributed by atoms with van der Waals surface area (Å²) < 4.78 is 33.1. The normalized spacial score (nSPS) is 15.0. The molecule has 0 aliphatic carbocycles. The van der Waals surface area contributed by atoms with Crippen molar-refractivity contribution < 1.29 is 17.9 Å². The van der Waals surface area contributed by atoms with Crippen molar-refractivity contribution in [2.24, 2.45) is 0 Å². The van der Waals surface area contributed by atoms with Gasteiger partial charge in [0.05, 0.1) is 22.6 Å². The highest BCUT2D eigenvalue weighted by atomic mass is 35.5. The van der Waals surface area contributed by atoms with Gasteiger partial charge in [0.1, 0.15) is 5.75 Å². The average Bonchev–Trinajstić information content (AvgIpc) is 2.68. The molecule has 0 fully saturated rings. The summed E-state index contributed by atoms with van der Waals surface area (Å²) in [4.78, 5) is 14.4. The third kappa shape index (κ3) is 4.48. The van der Waals surface area contributed by atoms with E-state index in [2.05, 4.69) is 10.8 Å². The fraction of sp³-hybridized carbons (Fsp3) is 0.350. The van der Waals surface area contributed by atoms with Gasteiger partial charge in [0, 0.05) is 13.1 Å². The Hall–Kier alpha value is -2.09. The van der Waals surface area contributed by atoms with E-state index in [4.69, 9.17) is 16.3 Å². The van der Waals surface area contributed by atoms with Gasteiger partial charge in [-0.05, 0) is 49.6 Å². The van der Waals surface area contributed by atoms with Crippen molar-refractivity contribution in [2.75, 3.05) is 13.2 Å². The average molecular weight is 423 g/mol. The molecular formula is C20H23ClN2O4S. The van der Waals surface area contributed by atoms with E-state index >= 15 is 0 Å². The van der Waals surface area contributed by atoms with Crippen LogP contribution in [0.4, 0.5) is 0 Å². The molecule has 0 saturated carbocycles. The van der Waals surface area contributed by atoms with Crippen LogP contribution < -0.4 is 9.46 Å². The largest absolute Gasteiger partial charge is 0.492 e. The summed E-state index contributed by atoms with van der Waals surface area (Å²) >= 11 is 6.09. The number of halogens is 1. The molecule has 0 aromatic heterocycles. The molecule has 1 aliphatic heterocycles. The van der Waals surface area contributed by atoms with Gasteiger partial charge in [-0.3, -0.25) is 4.79 Å². The highest BCUT2D eigenvalue weighted by Gasteiger charge is 2.28. The quantitative estimate of drug-likeness (QED) is 0.776. The molecule has 2 aromatic rings. The molecule has 1 amide bonds. The molecule has 1 N–H and O–H groups in total. The van der Waals surface area contributed by atoms with E-state index in [9.17, 15) is 13.2 Å². The molecule has 2 aromatic carbocycles. The molecule has 8 heteroatoms. The van der Waals surface area contributed by atoms with E-state index in [1.165, 1.54) is 23.8 Å². The molecule has 0 bridgehead atoms. The Kier molecular flexibility index (Phi) is 6.27. The Bertz CT molecular complexity index is 978. The van der Waals surface area contributed by atoms with Gasteiger partial charge in [0.25, 0.3) is 0 Å². The van der Waals surface area contributed by atoms with Gasteiger partial charge in [-0.15, -0.1) is 0 Å². The minimum atomic E-state index is -3.90. The summed E-state index contributed by atoms with van der Waals surface area (Å²) in [6, 6.07) is 11.3. The Balaban J connectivity index is 1.70. The molecular weight excluding hydrogens is 400 g/mol. The molecule has 1 aliphatic rings. The van der Waals surface area contributed by atoms with E-state index < -0.39 is 16.1 Å². The Morgan fingerprint density at radius 2 is 1.96 bits per heavy atom. The summed E-state index contributed by atoms with van der Waals surface area (Å²) in [6.45, 7) is 4.84. The van der Waals surface area contributed by atoms with Crippen LogP contribution in [-0.4, -0.2) is 38.4 Å². The maximum absolute atomic E-state index is 12.8. The summed E-state index contributed by atoms with van der Waals surface area (Å²) in [6.07, 6.45) is 0.760. The van der Waals surface area contributed by atoms with Crippen molar-refractivity contribution in [1.82, 2.24) is 9.62 Å². The first-order chi connectivity index (χ1) is 13.3. The zero-order valence-electron chi connectivity index (χ0n) is 15.8. The van der Waals surface area contributed by atoms with Crippen LogP contribution >= 0.6 is 11.6 Å². The van der Waals surface area contributed by atoms with Gasteiger partial charge in [0.15, 0.2) is 0 Å². The van der Waals surface area contributed by atoms with Crippen molar-refractivity contribution >= 4 is 27.5 Å². The fourth-order valence-electron chi connectivity index (χ4n) is 3.23. The molecule has 28 heavy (non-hydrogen) atoms. The second-order valence-corrected chi connectivity index (χ2v) is 8.77. The number of sulfonamides is 1. The van der Waals surface area contributed by atoms with Gasteiger partial charge in [0.2, 0.25) is 15.9 Å². The van der Waals surface area contributed by atoms with E-state index in [-0.39, 0.29) is 15.8 Å². The number of benzene rings is 2. The smallest absolute Gasteiger partial charge is 0.241 e. The molecule has 1 heterocycles. The lowest BCUT2D eigenvalue weighted by molar-refractivity contribution is -0.133. The molecule has 150 valence electrons. The number of amides is 1. The fourth-order valence-corrected chi connectivity index (χ4v) is 4.75. The predicted molar refractivity (Wildman–Crippen MR) is 108 cm³/mol. The number of fused-ring (bicyclic) bond motifs is 1. The summed E-state index contributed by atoms with van der Waals surface area (Å²) in [5.74, 6) is 0.161. The van der Waals surface area contributed by atoms with Crippen molar-refractivity contribution in [1.29, 1.82) is 0 Å². The van der Waals surface area contributed by atoms with Crippen LogP contribution in [0.3, 0.4) is 0 Å². The maximum atomic E-state index is 12.8. The van der Waals surface area contributed by atoms with Crippen molar-refractivity contribution in [3.8, 4) is 5.75 Å². The number of rotatable bonds is 6. The number of carbonyl (C=O) groups excluding carboxylic acids is 1. The first-order valence-electron chi connectivity index (χ1n) is 9.12. The zero-order chi connectivity index (χ0) is 20.3. The third-order valence-electron chi connectivity index (χ3n) is 4.66. The number of nitrogens with one attached hydrogen (secondary N) is 1. The number of nitrogens with zero attached hydrogens (tertiary/aromatic N) is 1. The zero-order valence-corrected chi connectivity index (χ0v) is 17.4. The van der Waals surface area contributed by atoms with Crippen LogP contribution in [0.1, 0.15) is 25.0 Å². The maximum Gasteiger partial charge on any atom is 0.241 e. The minimum absolute atomic E-state index is 0.00964. The molecule has 0 unspecified atom stereocenters. The van der Waals surface area contributed by atoms with Gasteiger partial charge >= 0.3 is 0 Å². The first kappa shape index (κ1) is 20.6. The minimum Gasteiger partial charge on any atom is -0.492 e. The van der Waals surface area contributed by atoms with Gasteiger partial charge in [-0.25, -0.2) is 8.42 Å². The van der Waals surface area contributed by atoms with E-state index in [0.717, 1.165) is 12.0 Å². The Morgan fingerprint density at radius 1 is 1.25 bits per heavy atom. The SMILES string of the molecule is CCOc1ccc(S(=O)(=O)N[C@H](C)C(=O)N2CCc3ccccc3C2)cc1Cl.